The SMILES string of the molecule is CC1CC(N)CCN1C(=O)Nc1cccc(F)c1. The van der Waals surface area contributed by atoms with E-state index >= 15 is 0 Å². The highest BCUT2D eigenvalue weighted by Crippen LogP contribution is 2.18. The smallest absolute Gasteiger partial charge is 0.322 e. The number of likely N-dealkylation sites (tertiary alicyclic amines) is 1. The fraction of sp³-hybridized carbons (Fsp3) is 0.462. The van der Waals surface area contributed by atoms with Crippen molar-refractivity contribution >= 4 is 11.7 Å². The molecule has 0 spiro atoms. The van der Waals surface area contributed by atoms with Gasteiger partial charge in [0.05, 0.1) is 0 Å². The molecule has 3 N–H and O–H groups in total. The Hall–Kier alpha value is -1.62. The maximum Gasteiger partial charge on any atom is 0.322 e. The summed E-state index contributed by atoms with van der Waals surface area (Å²) in [4.78, 5) is 13.8. The molecule has 2 unspecified atom stereocenters. The Morgan fingerprint density at radius 2 is 2.33 bits per heavy atom. The van der Waals surface area contributed by atoms with Crippen molar-refractivity contribution < 1.29 is 9.18 Å². The summed E-state index contributed by atoms with van der Waals surface area (Å²) < 4.78 is 13.0. The Morgan fingerprint density at radius 1 is 1.56 bits per heavy atom. The number of nitrogens with one attached hydrogen (secondary N) is 1. The van der Waals surface area contributed by atoms with Crippen LogP contribution in [0.5, 0.6) is 0 Å². The predicted molar refractivity (Wildman–Crippen MR) is 68.8 cm³/mol. The zero-order valence-electron chi connectivity index (χ0n) is 10.4. The molecule has 0 aromatic heterocycles. The fourth-order valence-corrected chi connectivity index (χ4v) is 2.27. The molecule has 1 fully saturated rings. The molecule has 1 aromatic rings. The van der Waals surface area contributed by atoms with E-state index in [0.717, 1.165) is 12.8 Å². The lowest BCUT2D eigenvalue weighted by atomic mass is 10.00. The molecule has 2 amide bonds. The zero-order valence-corrected chi connectivity index (χ0v) is 10.4. The summed E-state index contributed by atoms with van der Waals surface area (Å²) in [5.74, 6) is -0.360. The lowest BCUT2D eigenvalue weighted by Gasteiger charge is -2.36. The number of anilines is 1. The van der Waals surface area contributed by atoms with Crippen LogP contribution in [0, 0.1) is 5.82 Å². The van der Waals surface area contributed by atoms with Crippen LogP contribution in [0.15, 0.2) is 24.3 Å². The number of nitrogens with two attached hydrogens (primary N) is 1. The van der Waals surface area contributed by atoms with Gasteiger partial charge in [0.1, 0.15) is 5.82 Å². The standard InChI is InChI=1S/C13H18FN3O/c1-9-7-11(15)5-6-17(9)13(18)16-12-4-2-3-10(14)8-12/h2-4,8-9,11H,5-7,15H2,1H3,(H,16,18). The topological polar surface area (TPSA) is 58.4 Å². The number of amides is 2. The predicted octanol–water partition coefficient (Wildman–Crippen LogP) is 2.17. The van der Waals surface area contributed by atoms with Crippen molar-refractivity contribution in [2.24, 2.45) is 5.73 Å². The van der Waals surface area contributed by atoms with Gasteiger partial charge in [-0.1, -0.05) is 6.07 Å². The molecule has 1 aliphatic rings. The number of piperidine rings is 1. The Labute approximate surface area is 106 Å². The van der Waals surface area contributed by atoms with E-state index < -0.39 is 0 Å². The lowest BCUT2D eigenvalue weighted by molar-refractivity contribution is 0.163. The molecule has 0 saturated carbocycles. The van der Waals surface area contributed by atoms with Crippen LogP contribution in [0.4, 0.5) is 14.9 Å². The van der Waals surface area contributed by atoms with E-state index in [9.17, 15) is 9.18 Å². The van der Waals surface area contributed by atoms with Gasteiger partial charge >= 0.3 is 6.03 Å². The highest BCUT2D eigenvalue weighted by molar-refractivity contribution is 5.89. The summed E-state index contributed by atoms with van der Waals surface area (Å²) in [5.41, 5.74) is 6.33. The van der Waals surface area contributed by atoms with Gasteiger partial charge in [-0.3, -0.25) is 0 Å². The summed E-state index contributed by atoms with van der Waals surface area (Å²) in [6, 6.07) is 5.97. The van der Waals surface area contributed by atoms with E-state index in [-0.39, 0.29) is 23.9 Å². The van der Waals surface area contributed by atoms with Gasteiger partial charge in [-0.05, 0) is 38.0 Å². The molecular formula is C13H18FN3O. The van der Waals surface area contributed by atoms with Crippen molar-refractivity contribution in [2.75, 3.05) is 11.9 Å². The van der Waals surface area contributed by atoms with Crippen molar-refractivity contribution in [3.05, 3.63) is 30.1 Å². The molecule has 2 atom stereocenters. The molecule has 0 bridgehead atoms. The van der Waals surface area contributed by atoms with Gasteiger partial charge in [0.2, 0.25) is 0 Å². The van der Waals surface area contributed by atoms with Crippen LogP contribution in [-0.2, 0) is 0 Å². The van der Waals surface area contributed by atoms with Crippen LogP contribution in [0.2, 0.25) is 0 Å². The van der Waals surface area contributed by atoms with Gasteiger partial charge in [0.15, 0.2) is 0 Å². The monoisotopic (exact) mass is 251 g/mol. The zero-order chi connectivity index (χ0) is 13.1. The summed E-state index contributed by atoms with van der Waals surface area (Å²) in [6.07, 6.45) is 1.61. The van der Waals surface area contributed by atoms with Crippen LogP contribution >= 0.6 is 0 Å². The Kier molecular flexibility index (Phi) is 3.81. The van der Waals surface area contributed by atoms with Crippen LogP contribution in [0.3, 0.4) is 0 Å². The van der Waals surface area contributed by atoms with Gasteiger partial charge in [-0.2, -0.15) is 0 Å². The lowest BCUT2D eigenvalue weighted by Crippen LogP contribution is -2.49. The van der Waals surface area contributed by atoms with E-state index in [1.165, 1.54) is 12.1 Å². The highest BCUT2D eigenvalue weighted by Gasteiger charge is 2.26. The third-order valence-electron chi connectivity index (χ3n) is 3.25. The Morgan fingerprint density at radius 3 is 3.00 bits per heavy atom. The molecule has 4 nitrogen and oxygen atoms in total. The number of carbonyl (C=O) groups excluding carboxylic acids is 1. The van der Waals surface area contributed by atoms with E-state index in [1.807, 2.05) is 6.92 Å². The van der Waals surface area contributed by atoms with Crippen LogP contribution in [-0.4, -0.2) is 29.6 Å². The molecule has 1 saturated heterocycles. The van der Waals surface area contributed by atoms with Crippen LogP contribution < -0.4 is 11.1 Å². The highest BCUT2D eigenvalue weighted by atomic mass is 19.1. The molecule has 1 aromatic carbocycles. The van der Waals surface area contributed by atoms with Crippen LogP contribution in [0.25, 0.3) is 0 Å². The van der Waals surface area contributed by atoms with Crippen molar-refractivity contribution in [1.29, 1.82) is 0 Å². The second kappa shape index (κ2) is 5.35. The fourth-order valence-electron chi connectivity index (χ4n) is 2.27. The number of rotatable bonds is 1. The first-order valence-electron chi connectivity index (χ1n) is 6.15. The van der Waals surface area contributed by atoms with Crippen molar-refractivity contribution in [3.63, 3.8) is 0 Å². The minimum Gasteiger partial charge on any atom is -0.328 e. The van der Waals surface area contributed by atoms with Gasteiger partial charge in [-0.25, -0.2) is 9.18 Å². The quantitative estimate of drug-likeness (QED) is 0.803. The number of hydrogen-bond donors (Lipinski definition) is 2. The number of halogens is 1. The third-order valence-corrected chi connectivity index (χ3v) is 3.25. The minimum atomic E-state index is -0.360. The largest absolute Gasteiger partial charge is 0.328 e. The summed E-state index contributed by atoms with van der Waals surface area (Å²) in [5, 5.41) is 2.70. The normalized spacial score (nSPS) is 23.8. The average molecular weight is 251 g/mol. The number of carbonyl (C=O) groups is 1. The minimum absolute atomic E-state index is 0.113. The molecule has 0 aliphatic carbocycles. The van der Waals surface area contributed by atoms with Gasteiger partial charge in [0, 0.05) is 24.3 Å². The second-order valence-corrected chi connectivity index (χ2v) is 4.77. The van der Waals surface area contributed by atoms with Crippen LogP contribution in [0.1, 0.15) is 19.8 Å². The molecule has 0 radical (unpaired) electrons. The summed E-state index contributed by atoms with van der Waals surface area (Å²) >= 11 is 0. The van der Waals surface area contributed by atoms with Crippen molar-refractivity contribution in [2.45, 2.75) is 31.8 Å². The molecule has 98 valence electrons. The molecule has 1 heterocycles. The van der Waals surface area contributed by atoms with Gasteiger partial charge < -0.3 is 16.0 Å². The van der Waals surface area contributed by atoms with E-state index in [1.54, 1.807) is 17.0 Å². The molecule has 5 heteroatoms. The number of benzene rings is 1. The number of nitrogens with zero attached hydrogens (tertiary/aromatic N) is 1. The van der Waals surface area contributed by atoms with Crippen molar-refractivity contribution in [1.82, 2.24) is 4.90 Å². The Balaban J connectivity index is 1.99. The van der Waals surface area contributed by atoms with E-state index in [4.69, 9.17) is 5.73 Å². The first kappa shape index (κ1) is 12.8. The summed E-state index contributed by atoms with van der Waals surface area (Å²) in [7, 11) is 0. The molecular weight excluding hydrogens is 233 g/mol. The van der Waals surface area contributed by atoms with Crippen molar-refractivity contribution in [3.8, 4) is 0 Å². The first-order valence-corrected chi connectivity index (χ1v) is 6.15. The maximum absolute atomic E-state index is 13.0. The van der Waals surface area contributed by atoms with Gasteiger partial charge in [0.25, 0.3) is 0 Å². The third kappa shape index (κ3) is 2.98. The van der Waals surface area contributed by atoms with Gasteiger partial charge in [-0.15, -0.1) is 0 Å². The van der Waals surface area contributed by atoms with E-state index in [2.05, 4.69) is 5.32 Å². The molecule has 18 heavy (non-hydrogen) atoms. The van der Waals surface area contributed by atoms with E-state index in [0.29, 0.717) is 12.2 Å². The molecule has 1 aliphatic heterocycles. The summed E-state index contributed by atoms with van der Waals surface area (Å²) in [6.45, 7) is 2.62. The number of hydrogen-bond acceptors (Lipinski definition) is 2. The maximum atomic E-state index is 13.0. The Bertz CT molecular complexity index is 438. The first-order chi connectivity index (χ1) is 8.56. The molecule has 2 rings (SSSR count). The average Bonchev–Trinajstić information content (AvgIpc) is 2.28. The second-order valence-electron chi connectivity index (χ2n) is 4.77. The number of urea groups is 1.